The molecule has 0 saturated heterocycles. The van der Waals surface area contributed by atoms with E-state index in [1.807, 2.05) is 19.1 Å². The second-order valence-electron chi connectivity index (χ2n) is 3.92. The zero-order valence-electron chi connectivity index (χ0n) is 11.6. The zero-order chi connectivity index (χ0) is 14.0. The quantitative estimate of drug-likeness (QED) is 0.264. The molecule has 0 rings (SSSR count). The number of allylic oxidation sites excluding steroid dienone is 7. The van der Waals surface area contributed by atoms with Crippen molar-refractivity contribution < 1.29 is 0 Å². The van der Waals surface area contributed by atoms with Crippen molar-refractivity contribution in [1.29, 1.82) is 5.26 Å². The number of nitriles is 1. The molecule has 0 spiro atoms. The van der Waals surface area contributed by atoms with Gasteiger partial charge in [0.15, 0.2) is 0 Å². The van der Waals surface area contributed by atoms with E-state index in [0.29, 0.717) is 5.31 Å². The van der Waals surface area contributed by atoms with Crippen LogP contribution in [-0.4, -0.2) is 6.30 Å². The van der Waals surface area contributed by atoms with Gasteiger partial charge in [0.1, 0.15) is 6.07 Å². The molecular weight excluding hydrogens is 237 g/mol. The van der Waals surface area contributed by atoms with Gasteiger partial charge in [-0.25, -0.2) is 0 Å². The van der Waals surface area contributed by atoms with Crippen molar-refractivity contribution in [3.8, 4) is 6.07 Å². The largest absolute Gasteiger partial charge is 0.192 e. The van der Waals surface area contributed by atoms with Crippen LogP contribution in [0.2, 0.25) is 0 Å². The average Bonchev–Trinajstić information content (AvgIpc) is 2.39. The van der Waals surface area contributed by atoms with E-state index in [1.54, 1.807) is 0 Å². The van der Waals surface area contributed by atoms with Crippen LogP contribution in [0, 0.1) is 17.2 Å². The van der Waals surface area contributed by atoms with Crippen LogP contribution in [0.25, 0.3) is 0 Å². The third-order valence-corrected chi connectivity index (χ3v) is 3.25. The molecule has 0 aromatic rings. The number of rotatable bonds is 7. The number of nitrogens with zero attached hydrogens (tertiary/aromatic N) is 1. The molecule has 0 aliphatic carbocycles. The monoisotopic (exact) mass is 259 g/mol. The van der Waals surface area contributed by atoms with Gasteiger partial charge in [0.05, 0.1) is 5.31 Å². The molecule has 0 aromatic heterocycles. The summed E-state index contributed by atoms with van der Waals surface area (Å²) in [6.07, 6.45) is 14.0. The van der Waals surface area contributed by atoms with E-state index < -0.39 is 0 Å². The first-order valence-corrected chi connectivity index (χ1v) is 7.31. The van der Waals surface area contributed by atoms with Crippen molar-refractivity contribution in [1.82, 2.24) is 0 Å². The molecule has 0 aliphatic heterocycles. The van der Waals surface area contributed by atoms with Gasteiger partial charge < -0.3 is 0 Å². The van der Waals surface area contributed by atoms with Crippen LogP contribution >= 0.6 is 8.20 Å². The van der Waals surface area contributed by atoms with Crippen molar-refractivity contribution in [2.45, 2.75) is 33.6 Å². The molecule has 0 radical (unpaired) electrons. The Morgan fingerprint density at radius 2 is 2.11 bits per heavy atom. The minimum atomic E-state index is 0.120. The van der Waals surface area contributed by atoms with Gasteiger partial charge in [0.2, 0.25) is 0 Å². The second-order valence-corrected chi connectivity index (χ2v) is 4.72. The highest BCUT2D eigenvalue weighted by atomic mass is 31.1. The highest BCUT2D eigenvalue weighted by Gasteiger charge is 2.12. The first-order chi connectivity index (χ1) is 8.64. The molecule has 0 fully saturated rings. The lowest BCUT2D eigenvalue weighted by Crippen LogP contribution is -2.03. The molecular formula is C16H22NP. The van der Waals surface area contributed by atoms with Crippen LogP contribution in [0.5, 0.6) is 0 Å². The standard InChI is InChI=1S/C16H22NP/c1-6-9-14(10-7-2)16(13(4)8-3)11-15(12-17)18-5/h6,9-11,16H,4-5,7-8H2,1-3H3/b9-6+,14-10-,15-11+. The Morgan fingerprint density at radius 3 is 2.50 bits per heavy atom. The molecule has 1 atom stereocenters. The highest BCUT2D eigenvalue weighted by molar-refractivity contribution is 7.42. The van der Waals surface area contributed by atoms with Gasteiger partial charge in [0.25, 0.3) is 0 Å². The van der Waals surface area contributed by atoms with Crippen LogP contribution in [0.1, 0.15) is 33.6 Å². The van der Waals surface area contributed by atoms with Crippen molar-refractivity contribution in [3.63, 3.8) is 0 Å². The Morgan fingerprint density at radius 1 is 1.44 bits per heavy atom. The molecule has 0 aromatic carbocycles. The van der Waals surface area contributed by atoms with Crippen LogP contribution in [0.4, 0.5) is 0 Å². The predicted octanol–water partition coefficient (Wildman–Crippen LogP) is 5.27. The topological polar surface area (TPSA) is 23.8 Å². The minimum Gasteiger partial charge on any atom is -0.192 e. The van der Waals surface area contributed by atoms with E-state index >= 15 is 0 Å². The summed E-state index contributed by atoms with van der Waals surface area (Å²) in [7, 11) is 0.764. The summed E-state index contributed by atoms with van der Waals surface area (Å²) in [4.78, 5) is 0. The number of hydrogen-bond donors (Lipinski definition) is 0. The molecule has 2 heteroatoms. The smallest absolute Gasteiger partial charge is 0.104 e. The van der Waals surface area contributed by atoms with Gasteiger partial charge in [-0.3, -0.25) is 0 Å². The Labute approximate surface area is 113 Å². The second kappa shape index (κ2) is 9.63. The van der Waals surface area contributed by atoms with Crippen molar-refractivity contribution in [2.75, 3.05) is 0 Å². The third kappa shape index (κ3) is 5.30. The van der Waals surface area contributed by atoms with Crippen molar-refractivity contribution in [3.05, 3.63) is 47.3 Å². The van der Waals surface area contributed by atoms with Crippen molar-refractivity contribution in [2.24, 2.45) is 5.92 Å². The summed E-state index contributed by atoms with van der Waals surface area (Å²) in [6, 6.07) is 2.19. The molecule has 0 heterocycles. The molecule has 0 saturated carbocycles. The van der Waals surface area contributed by atoms with E-state index in [2.05, 4.69) is 44.9 Å². The molecule has 0 aliphatic rings. The average molecular weight is 259 g/mol. The normalized spacial score (nSPS) is 14.8. The summed E-state index contributed by atoms with van der Waals surface area (Å²) in [5.41, 5.74) is 2.34. The number of hydrogen-bond acceptors (Lipinski definition) is 1. The van der Waals surface area contributed by atoms with E-state index in [9.17, 15) is 0 Å². The maximum Gasteiger partial charge on any atom is 0.104 e. The maximum atomic E-state index is 9.04. The SMILES string of the molecule is C=P/C(C#N)=C/C(C(=C)CC)C(=C\CC)/C=C/C. The summed E-state index contributed by atoms with van der Waals surface area (Å²) in [5.74, 6) is 0.120. The Bertz CT molecular complexity index is 419. The fraction of sp³-hybridized carbons (Fsp3) is 0.375. The summed E-state index contributed by atoms with van der Waals surface area (Å²) in [6.45, 7) is 10.3. The van der Waals surface area contributed by atoms with E-state index in [4.69, 9.17) is 5.26 Å². The lowest BCUT2D eigenvalue weighted by molar-refractivity contribution is 0.852. The van der Waals surface area contributed by atoms with Crippen LogP contribution in [0.15, 0.2) is 47.3 Å². The summed E-state index contributed by atoms with van der Waals surface area (Å²) < 4.78 is 0. The zero-order valence-corrected chi connectivity index (χ0v) is 12.5. The maximum absolute atomic E-state index is 9.04. The fourth-order valence-corrected chi connectivity index (χ4v) is 2.00. The summed E-state index contributed by atoms with van der Waals surface area (Å²) in [5, 5.41) is 9.73. The van der Waals surface area contributed by atoms with E-state index in [0.717, 1.165) is 26.6 Å². The molecule has 0 amide bonds. The fourth-order valence-electron chi connectivity index (χ4n) is 1.68. The van der Waals surface area contributed by atoms with Gasteiger partial charge in [-0.2, -0.15) is 5.26 Å². The lowest BCUT2D eigenvalue weighted by atomic mass is 9.89. The van der Waals surface area contributed by atoms with Crippen LogP contribution in [-0.2, 0) is 0 Å². The molecule has 1 unspecified atom stereocenters. The van der Waals surface area contributed by atoms with Gasteiger partial charge in [-0.1, -0.05) is 64.8 Å². The van der Waals surface area contributed by atoms with Gasteiger partial charge in [-0.15, -0.1) is 0 Å². The third-order valence-electron chi connectivity index (χ3n) is 2.66. The molecule has 96 valence electrons. The van der Waals surface area contributed by atoms with Crippen LogP contribution < -0.4 is 0 Å². The Hall–Kier alpha value is -1.38. The molecule has 18 heavy (non-hydrogen) atoms. The molecule has 1 nitrogen and oxygen atoms in total. The molecule has 0 bridgehead atoms. The lowest BCUT2D eigenvalue weighted by Gasteiger charge is -2.17. The van der Waals surface area contributed by atoms with E-state index in [1.165, 1.54) is 5.57 Å². The predicted molar refractivity (Wildman–Crippen MR) is 83.8 cm³/mol. The Kier molecular flexibility index (Phi) is 8.89. The summed E-state index contributed by atoms with van der Waals surface area (Å²) >= 11 is 0. The first kappa shape index (κ1) is 16.6. The van der Waals surface area contributed by atoms with Crippen LogP contribution in [0.3, 0.4) is 0 Å². The van der Waals surface area contributed by atoms with Crippen molar-refractivity contribution >= 4 is 14.5 Å². The first-order valence-electron chi connectivity index (χ1n) is 6.23. The minimum absolute atomic E-state index is 0.120. The van der Waals surface area contributed by atoms with E-state index in [-0.39, 0.29) is 5.92 Å². The van der Waals surface area contributed by atoms with Gasteiger partial charge >= 0.3 is 0 Å². The molecule has 0 N–H and O–H groups in total. The highest BCUT2D eigenvalue weighted by Crippen LogP contribution is 2.28. The van der Waals surface area contributed by atoms with Gasteiger partial charge in [-0.05, 0) is 25.3 Å². The Balaban J connectivity index is 5.55. The van der Waals surface area contributed by atoms with Gasteiger partial charge in [0, 0.05) is 5.92 Å².